The first kappa shape index (κ1) is 16.2. The van der Waals surface area contributed by atoms with Gasteiger partial charge in [0.15, 0.2) is 0 Å². The molecule has 2 N–H and O–H groups in total. The van der Waals surface area contributed by atoms with Crippen molar-refractivity contribution in [2.45, 2.75) is 40.7 Å². The average Bonchev–Trinajstić information content (AvgIpc) is 2.60. The van der Waals surface area contributed by atoms with Crippen LogP contribution in [-0.2, 0) is 9.59 Å². The molecule has 0 unspecified atom stereocenters. The zero-order valence-electron chi connectivity index (χ0n) is 12.3. The quantitative estimate of drug-likeness (QED) is 0.894. The van der Waals surface area contributed by atoms with E-state index in [0.29, 0.717) is 10.6 Å². The summed E-state index contributed by atoms with van der Waals surface area (Å²) in [6.45, 7) is 8.85. The van der Waals surface area contributed by atoms with Crippen LogP contribution < -0.4 is 10.6 Å². The highest BCUT2D eigenvalue weighted by atomic mass is 32.1. The average molecular weight is 293 g/mol. The van der Waals surface area contributed by atoms with Crippen LogP contribution in [0.5, 0.6) is 0 Å². The summed E-state index contributed by atoms with van der Waals surface area (Å²) in [6.07, 6.45) is 0. The largest absolute Gasteiger partial charge is 0.344 e. The van der Waals surface area contributed by atoms with E-state index in [9.17, 15) is 9.59 Å². The van der Waals surface area contributed by atoms with Gasteiger partial charge in [-0.05, 0) is 25.3 Å². The Morgan fingerprint density at radius 3 is 2.35 bits per heavy atom. The van der Waals surface area contributed by atoms with Crippen LogP contribution in [0.2, 0.25) is 0 Å². The number of thiophene rings is 1. The number of anilines is 1. The van der Waals surface area contributed by atoms with E-state index in [1.165, 1.54) is 18.3 Å². The van der Waals surface area contributed by atoms with Gasteiger partial charge in [0.25, 0.3) is 0 Å². The predicted molar refractivity (Wildman–Crippen MR) is 79.6 cm³/mol. The zero-order valence-corrected chi connectivity index (χ0v) is 13.1. The molecule has 0 aliphatic carbocycles. The van der Waals surface area contributed by atoms with Gasteiger partial charge in [-0.2, -0.15) is 5.26 Å². The molecule has 1 rings (SSSR count). The lowest BCUT2D eigenvalue weighted by Gasteiger charge is -2.20. The molecule has 1 heterocycles. The maximum Gasteiger partial charge on any atom is 0.247 e. The Labute approximate surface area is 123 Å². The van der Waals surface area contributed by atoms with Crippen molar-refractivity contribution < 1.29 is 9.59 Å². The highest BCUT2D eigenvalue weighted by molar-refractivity contribution is 7.16. The molecule has 1 aromatic heterocycles. The van der Waals surface area contributed by atoms with Gasteiger partial charge in [-0.25, -0.2) is 0 Å². The number of carbonyl (C=O) groups excluding carboxylic acids is 2. The molecule has 6 heteroatoms. The molecule has 0 aromatic carbocycles. The third-order valence-corrected chi connectivity index (χ3v) is 4.16. The molecule has 0 aliphatic rings. The molecule has 5 nitrogen and oxygen atoms in total. The first-order valence-corrected chi connectivity index (χ1v) is 7.17. The Morgan fingerprint density at radius 2 is 1.90 bits per heavy atom. The number of amides is 2. The third-order valence-electron chi connectivity index (χ3n) is 3.04. The van der Waals surface area contributed by atoms with Crippen molar-refractivity contribution in [2.75, 3.05) is 5.32 Å². The molecule has 0 saturated carbocycles. The summed E-state index contributed by atoms with van der Waals surface area (Å²) in [5, 5.41) is 15.1. The monoisotopic (exact) mass is 293 g/mol. The van der Waals surface area contributed by atoms with Gasteiger partial charge < -0.3 is 10.6 Å². The van der Waals surface area contributed by atoms with Crippen LogP contribution in [0.4, 0.5) is 5.00 Å². The van der Waals surface area contributed by atoms with Gasteiger partial charge in [0, 0.05) is 11.8 Å². The van der Waals surface area contributed by atoms with Gasteiger partial charge in [-0.15, -0.1) is 11.3 Å². The summed E-state index contributed by atoms with van der Waals surface area (Å²) in [5.74, 6) is -0.586. The van der Waals surface area contributed by atoms with Crippen molar-refractivity contribution >= 4 is 28.2 Å². The van der Waals surface area contributed by atoms with Gasteiger partial charge >= 0.3 is 0 Å². The molecular formula is C14H19N3O2S. The van der Waals surface area contributed by atoms with E-state index in [0.717, 1.165) is 10.4 Å². The van der Waals surface area contributed by atoms with Crippen molar-refractivity contribution in [3.05, 3.63) is 16.0 Å². The van der Waals surface area contributed by atoms with Gasteiger partial charge in [0.05, 0.1) is 5.56 Å². The summed E-state index contributed by atoms with van der Waals surface area (Å²) < 4.78 is 0. The number of aryl methyl sites for hydroxylation is 1. The van der Waals surface area contributed by atoms with E-state index < -0.39 is 6.04 Å². The number of hydrogen-bond acceptors (Lipinski definition) is 4. The van der Waals surface area contributed by atoms with Crippen LogP contribution in [0.15, 0.2) is 0 Å². The van der Waals surface area contributed by atoms with Crippen molar-refractivity contribution in [1.29, 1.82) is 5.26 Å². The Morgan fingerprint density at radius 1 is 1.30 bits per heavy atom. The first-order chi connectivity index (χ1) is 9.27. The van der Waals surface area contributed by atoms with E-state index in [1.807, 2.05) is 27.7 Å². The van der Waals surface area contributed by atoms with Crippen LogP contribution >= 0.6 is 11.3 Å². The van der Waals surface area contributed by atoms with Crippen molar-refractivity contribution in [2.24, 2.45) is 5.92 Å². The Balaban J connectivity index is 2.97. The van der Waals surface area contributed by atoms with Crippen LogP contribution in [0.25, 0.3) is 0 Å². The molecule has 0 fully saturated rings. The number of carbonyl (C=O) groups is 2. The molecule has 0 aliphatic heterocycles. The number of nitrogens with one attached hydrogen (secondary N) is 2. The summed E-state index contributed by atoms with van der Waals surface area (Å²) in [6, 6.07) is 1.50. The Hall–Kier alpha value is -1.87. The Bertz CT molecular complexity index is 570. The normalized spacial score (nSPS) is 11.8. The fraction of sp³-hybridized carbons (Fsp3) is 0.500. The summed E-state index contributed by atoms with van der Waals surface area (Å²) in [5.41, 5.74) is 1.37. The Kier molecular flexibility index (Phi) is 5.28. The maximum atomic E-state index is 12.2. The summed E-state index contributed by atoms with van der Waals surface area (Å²) in [4.78, 5) is 24.4. The van der Waals surface area contributed by atoms with E-state index in [4.69, 9.17) is 5.26 Å². The van der Waals surface area contributed by atoms with E-state index in [2.05, 4.69) is 16.7 Å². The summed E-state index contributed by atoms with van der Waals surface area (Å²) >= 11 is 1.37. The molecule has 20 heavy (non-hydrogen) atoms. The van der Waals surface area contributed by atoms with E-state index in [1.54, 1.807) is 0 Å². The number of nitriles is 1. The zero-order chi connectivity index (χ0) is 15.4. The van der Waals surface area contributed by atoms with Crippen LogP contribution in [0, 0.1) is 31.1 Å². The first-order valence-electron chi connectivity index (χ1n) is 6.36. The van der Waals surface area contributed by atoms with Gasteiger partial charge in [0.2, 0.25) is 11.8 Å². The van der Waals surface area contributed by atoms with Crippen LogP contribution in [-0.4, -0.2) is 17.9 Å². The molecule has 0 radical (unpaired) electrons. The topological polar surface area (TPSA) is 82.0 Å². The molecule has 0 spiro atoms. The summed E-state index contributed by atoms with van der Waals surface area (Å²) in [7, 11) is 0. The second kappa shape index (κ2) is 6.53. The molecule has 0 bridgehead atoms. The fourth-order valence-electron chi connectivity index (χ4n) is 1.79. The van der Waals surface area contributed by atoms with Gasteiger partial charge in [0.1, 0.15) is 17.1 Å². The third kappa shape index (κ3) is 3.58. The predicted octanol–water partition coefficient (Wildman–Crippen LogP) is 2.34. The molecular weight excluding hydrogens is 274 g/mol. The maximum absolute atomic E-state index is 12.2. The van der Waals surface area contributed by atoms with Gasteiger partial charge in [-0.1, -0.05) is 13.8 Å². The lowest BCUT2D eigenvalue weighted by molar-refractivity contribution is -0.126. The second-order valence-electron chi connectivity index (χ2n) is 5.01. The molecule has 1 atom stereocenters. The minimum Gasteiger partial charge on any atom is -0.344 e. The van der Waals surface area contributed by atoms with Crippen molar-refractivity contribution in [3.63, 3.8) is 0 Å². The minimum absolute atomic E-state index is 0.0356. The highest BCUT2D eigenvalue weighted by Crippen LogP contribution is 2.31. The standard InChI is InChI=1S/C14H19N3O2S/c1-7(2)12(16-10(5)18)13(19)17-14-11(6-15)8(3)9(4)20-14/h7,12H,1-5H3,(H,16,18)(H,17,19)/t12-/m1/s1. The van der Waals surface area contributed by atoms with Crippen LogP contribution in [0.3, 0.4) is 0 Å². The number of rotatable bonds is 4. The molecule has 1 aromatic rings. The van der Waals surface area contributed by atoms with E-state index >= 15 is 0 Å². The second-order valence-corrected chi connectivity index (χ2v) is 6.24. The smallest absolute Gasteiger partial charge is 0.247 e. The van der Waals surface area contributed by atoms with Crippen molar-refractivity contribution in [3.8, 4) is 6.07 Å². The number of nitrogens with zero attached hydrogens (tertiary/aromatic N) is 1. The minimum atomic E-state index is -0.609. The van der Waals surface area contributed by atoms with E-state index in [-0.39, 0.29) is 17.7 Å². The SMILES string of the molecule is CC(=O)N[C@@H](C(=O)Nc1sc(C)c(C)c1C#N)C(C)C. The highest BCUT2D eigenvalue weighted by Gasteiger charge is 2.25. The molecule has 108 valence electrons. The van der Waals surface area contributed by atoms with Gasteiger partial charge in [-0.3, -0.25) is 9.59 Å². The van der Waals surface area contributed by atoms with Crippen LogP contribution in [0.1, 0.15) is 36.8 Å². The molecule has 0 saturated heterocycles. The van der Waals surface area contributed by atoms with Crippen molar-refractivity contribution in [1.82, 2.24) is 5.32 Å². The molecule has 2 amide bonds. The lowest BCUT2D eigenvalue weighted by Crippen LogP contribution is -2.46. The number of hydrogen-bond donors (Lipinski definition) is 2. The fourth-order valence-corrected chi connectivity index (χ4v) is 2.81. The lowest BCUT2D eigenvalue weighted by atomic mass is 10.0.